The second-order valence-electron chi connectivity index (χ2n) is 6.00. The lowest BCUT2D eigenvalue weighted by Crippen LogP contribution is -2.14. The number of carbonyl (C=O) groups excluding carboxylic acids is 2. The lowest BCUT2D eigenvalue weighted by Gasteiger charge is -2.09. The number of benzene rings is 2. The fraction of sp³-hybridized carbons (Fsp3) is 0.182. The first kappa shape index (κ1) is 20.4. The molecule has 0 atom stereocenters. The summed E-state index contributed by atoms with van der Waals surface area (Å²) in [5.74, 6) is 0.131. The topological polar surface area (TPSA) is 73.9 Å². The van der Waals surface area contributed by atoms with Gasteiger partial charge in [0.2, 0.25) is 0 Å². The molecule has 2 aromatic carbocycles. The summed E-state index contributed by atoms with van der Waals surface area (Å²) >= 11 is 1.31. The maximum Gasteiger partial charge on any atom is 0.341 e. The van der Waals surface area contributed by atoms with Crippen molar-refractivity contribution in [1.29, 1.82) is 0 Å². The van der Waals surface area contributed by atoms with Crippen LogP contribution in [0, 0.1) is 0 Å². The monoisotopic (exact) mass is 411 g/mol. The van der Waals surface area contributed by atoms with E-state index < -0.39 is 5.97 Å². The number of rotatable bonds is 7. The average molecular weight is 411 g/mol. The fourth-order valence-electron chi connectivity index (χ4n) is 2.70. The Labute approximate surface area is 173 Å². The molecule has 0 aliphatic rings. The molecule has 0 fully saturated rings. The second-order valence-corrected chi connectivity index (χ2v) is 7.05. The minimum atomic E-state index is -0.482. The molecule has 0 aliphatic heterocycles. The van der Waals surface area contributed by atoms with Crippen LogP contribution in [-0.2, 0) is 4.74 Å². The van der Waals surface area contributed by atoms with Crippen LogP contribution in [0.25, 0.3) is 10.4 Å². The molecule has 1 amide bonds. The Hall–Kier alpha value is -3.32. The number of nitrogens with one attached hydrogen (secondary N) is 1. The first-order valence-electron chi connectivity index (χ1n) is 8.96. The van der Waals surface area contributed by atoms with Gasteiger partial charge in [-0.15, -0.1) is 11.3 Å². The molecule has 0 saturated carbocycles. The summed E-state index contributed by atoms with van der Waals surface area (Å²) in [6, 6.07) is 16.3. The molecule has 0 bridgehead atoms. The third-order valence-corrected chi connectivity index (χ3v) is 5.23. The summed E-state index contributed by atoms with van der Waals surface area (Å²) < 4.78 is 15.6. The molecule has 6 nitrogen and oxygen atoms in total. The minimum absolute atomic E-state index is 0.246. The van der Waals surface area contributed by atoms with E-state index in [0.29, 0.717) is 27.6 Å². The highest BCUT2D eigenvalue weighted by Crippen LogP contribution is 2.36. The Morgan fingerprint density at radius 3 is 2.21 bits per heavy atom. The van der Waals surface area contributed by atoms with Crippen molar-refractivity contribution in [3.63, 3.8) is 0 Å². The normalized spacial score (nSPS) is 10.3. The van der Waals surface area contributed by atoms with E-state index in [4.69, 9.17) is 14.2 Å². The standard InChI is InChI=1S/C22H21NO5S/c1-4-28-22(25)18-13-19(14-8-6-5-7-9-14)29-21(18)23-20(24)15-10-16(26-2)12-17(11-15)27-3/h5-13H,4H2,1-3H3,(H,23,24). The van der Waals surface area contributed by atoms with Crippen molar-refractivity contribution >= 4 is 28.2 Å². The zero-order valence-electron chi connectivity index (χ0n) is 16.4. The molecule has 0 saturated heterocycles. The molecule has 0 aliphatic carbocycles. The van der Waals surface area contributed by atoms with Crippen LogP contribution in [0.5, 0.6) is 11.5 Å². The summed E-state index contributed by atoms with van der Waals surface area (Å²) in [7, 11) is 3.03. The smallest absolute Gasteiger partial charge is 0.341 e. The molecule has 3 aromatic rings. The number of hydrogen-bond acceptors (Lipinski definition) is 6. The molecule has 0 spiro atoms. The molecule has 7 heteroatoms. The van der Waals surface area contributed by atoms with Crippen LogP contribution < -0.4 is 14.8 Å². The molecule has 1 aromatic heterocycles. The Kier molecular flexibility index (Phi) is 6.51. The SMILES string of the molecule is CCOC(=O)c1cc(-c2ccccc2)sc1NC(=O)c1cc(OC)cc(OC)c1. The average Bonchev–Trinajstić information content (AvgIpc) is 3.18. The molecule has 0 unspecified atom stereocenters. The number of methoxy groups -OCH3 is 2. The number of ether oxygens (including phenoxy) is 3. The Morgan fingerprint density at radius 2 is 1.62 bits per heavy atom. The van der Waals surface area contributed by atoms with E-state index in [9.17, 15) is 9.59 Å². The van der Waals surface area contributed by atoms with Crippen LogP contribution in [0.3, 0.4) is 0 Å². The minimum Gasteiger partial charge on any atom is -0.497 e. The molecule has 1 N–H and O–H groups in total. The van der Waals surface area contributed by atoms with Crippen molar-refractivity contribution in [2.24, 2.45) is 0 Å². The van der Waals surface area contributed by atoms with Gasteiger partial charge in [0.1, 0.15) is 16.5 Å². The van der Waals surface area contributed by atoms with Crippen molar-refractivity contribution in [3.8, 4) is 21.9 Å². The van der Waals surface area contributed by atoms with Crippen LogP contribution >= 0.6 is 11.3 Å². The van der Waals surface area contributed by atoms with Crippen molar-refractivity contribution in [2.75, 3.05) is 26.1 Å². The van der Waals surface area contributed by atoms with Gasteiger partial charge in [0.05, 0.1) is 26.4 Å². The largest absolute Gasteiger partial charge is 0.497 e. The highest BCUT2D eigenvalue weighted by atomic mass is 32.1. The van der Waals surface area contributed by atoms with Gasteiger partial charge < -0.3 is 19.5 Å². The van der Waals surface area contributed by atoms with Crippen molar-refractivity contribution < 1.29 is 23.8 Å². The summed E-state index contributed by atoms with van der Waals surface area (Å²) in [5.41, 5.74) is 1.62. The summed E-state index contributed by atoms with van der Waals surface area (Å²) in [4.78, 5) is 26.1. The summed E-state index contributed by atoms with van der Waals surface area (Å²) in [6.07, 6.45) is 0. The van der Waals surface area contributed by atoms with E-state index in [0.717, 1.165) is 10.4 Å². The third kappa shape index (κ3) is 4.75. The van der Waals surface area contributed by atoms with Crippen LogP contribution in [0.15, 0.2) is 54.6 Å². The molecule has 29 heavy (non-hydrogen) atoms. The molecule has 150 valence electrons. The van der Waals surface area contributed by atoms with Crippen LogP contribution in [0.1, 0.15) is 27.6 Å². The van der Waals surface area contributed by atoms with Gasteiger partial charge in [0.15, 0.2) is 0 Å². The van der Waals surface area contributed by atoms with Crippen LogP contribution in [-0.4, -0.2) is 32.7 Å². The zero-order valence-corrected chi connectivity index (χ0v) is 17.2. The van der Waals surface area contributed by atoms with Gasteiger partial charge in [-0.05, 0) is 30.7 Å². The maximum absolute atomic E-state index is 12.9. The molecular formula is C22H21NO5S. The van der Waals surface area contributed by atoms with Gasteiger partial charge in [-0.1, -0.05) is 30.3 Å². The number of anilines is 1. The number of carbonyl (C=O) groups is 2. The molecule has 1 heterocycles. The Balaban J connectivity index is 1.96. The van der Waals surface area contributed by atoms with E-state index in [1.54, 1.807) is 31.2 Å². The zero-order chi connectivity index (χ0) is 20.8. The number of hydrogen-bond donors (Lipinski definition) is 1. The maximum atomic E-state index is 12.9. The highest BCUT2D eigenvalue weighted by Gasteiger charge is 2.21. The van der Waals surface area contributed by atoms with Gasteiger partial charge in [-0.3, -0.25) is 4.79 Å². The van der Waals surface area contributed by atoms with E-state index in [-0.39, 0.29) is 12.5 Å². The van der Waals surface area contributed by atoms with Crippen molar-refractivity contribution in [2.45, 2.75) is 6.92 Å². The number of esters is 1. The highest BCUT2D eigenvalue weighted by molar-refractivity contribution is 7.20. The van der Waals surface area contributed by atoms with Gasteiger partial charge in [0, 0.05) is 16.5 Å². The lowest BCUT2D eigenvalue weighted by molar-refractivity contribution is 0.0528. The van der Waals surface area contributed by atoms with Gasteiger partial charge in [0.25, 0.3) is 5.91 Å². The predicted octanol–water partition coefficient (Wildman–Crippen LogP) is 4.86. The lowest BCUT2D eigenvalue weighted by atomic mass is 10.1. The molecule has 0 radical (unpaired) electrons. The first-order valence-corrected chi connectivity index (χ1v) is 9.78. The first-order chi connectivity index (χ1) is 14.0. The van der Waals surface area contributed by atoms with E-state index in [1.165, 1.54) is 25.6 Å². The molecular weight excluding hydrogens is 390 g/mol. The van der Waals surface area contributed by atoms with E-state index >= 15 is 0 Å². The molecule has 3 rings (SSSR count). The Bertz CT molecular complexity index is 991. The number of amides is 1. The van der Waals surface area contributed by atoms with E-state index in [1.807, 2.05) is 30.3 Å². The Morgan fingerprint density at radius 1 is 0.966 bits per heavy atom. The van der Waals surface area contributed by atoms with Crippen LogP contribution in [0.2, 0.25) is 0 Å². The van der Waals surface area contributed by atoms with Gasteiger partial charge in [-0.25, -0.2) is 4.79 Å². The quantitative estimate of drug-likeness (QED) is 0.562. The van der Waals surface area contributed by atoms with Crippen LogP contribution in [0.4, 0.5) is 5.00 Å². The van der Waals surface area contributed by atoms with E-state index in [2.05, 4.69) is 5.32 Å². The predicted molar refractivity (Wildman–Crippen MR) is 113 cm³/mol. The third-order valence-electron chi connectivity index (χ3n) is 4.13. The van der Waals surface area contributed by atoms with Crippen molar-refractivity contribution in [1.82, 2.24) is 0 Å². The fourth-order valence-corrected chi connectivity index (χ4v) is 3.75. The second kappa shape index (κ2) is 9.25. The van der Waals surface area contributed by atoms with Gasteiger partial charge >= 0.3 is 5.97 Å². The summed E-state index contributed by atoms with van der Waals surface area (Å²) in [6.45, 7) is 1.99. The number of thiophene rings is 1. The summed E-state index contributed by atoms with van der Waals surface area (Å²) in [5, 5.41) is 3.25. The van der Waals surface area contributed by atoms with Crippen molar-refractivity contribution in [3.05, 3.63) is 65.7 Å². The van der Waals surface area contributed by atoms with Gasteiger partial charge in [-0.2, -0.15) is 0 Å².